The van der Waals surface area contributed by atoms with Gasteiger partial charge in [0.15, 0.2) is 0 Å². The van der Waals surface area contributed by atoms with Gasteiger partial charge in [-0.25, -0.2) is 0 Å². The number of aryl methyl sites for hydroxylation is 1. The number of benzene rings is 1. The van der Waals surface area contributed by atoms with E-state index in [2.05, 4.69) is 31.2 Å². The molecule has 0 atom stereocenters. The maximum atomic E-state index is 11.1. The van der Waals surface area contributed by atoms with Crippen LogP contribution in [0.2, 0.25) is 0 Å². The van der Waals surface area contributed by atoms with E-state index in [1.54, 1.807) is 0 Å². The number of hydrogen-bond donors (Lipinski definition) is 1. The quantitative estimate of drug-likeness (QED) is 0.843. The SMILES string of the molecule is CCc1ccccc1C12CC(C(=O)O)(C1)C2. The first-order valence-corrected chi connectivity index (χ1v) is 5.94. The first-order chi connectivity index (χ1) is 7.62. The van der Waals surface area contributed by atoms with Crippen LogP contribution in [0.1, 0.15) is 37.3 Å². The van der Waals surface area contributed by atoms with Gasteiger partial charge in [-0.15, -0.1) is 0 Å². The molecule has 3 aliphatic rings. The molecule has 3 aliphatic carbocycles. The lowest BCUT2D eigenvalue weighted by Crippen LogP contribution is -2.68. The van der Waals surface area contributed by atoms with Crippen LogP contribution >= 0.6 is 0 Å². The molecule has 1 aromatic carbocycles. The summed E-state index contributed by atoms with van der Waals surface area (Å²) in [6.45, 7) is 2.16. The summed E-state index contributed by atoms with van der Waals surface area (Å²) in [5.41, 5.74) is 2.65. The Labute approximate surface area is 95.3 Å². The Hall–Kier alpha value is -1.31. The number of carboxylic acid groups (broad SMARTS) is 1. The number of carboxylic acids is 1. The smallest absolute Gasteiger partial charge is 0.309 e. The highest BCUT2D eigenvalue weighted by molar-refractivity contribution is 5.81. The molecule has 0 radical (unpaired) electrons. The molecule has 2 heteroatoms. The second-order valence-corrected chi connectivity index (χ2v) is 5.41. The van der Waals surface area contributed by atoms with E-state index in [4.69, 9.17) is 5.11 Å². The van der Waals surface area contributed by atoms with E-state index in [9.17, 15) is 4.79 Å². The van der Waals surface area contributed by atoms with Crippen molar-refractivity contribution in [2.45, 2.75) is 38.0 Å². The molecule has 0 aliphatic heterocycles. The van der Waals surface area contributed by atoms with Gasteiger partial charge in [0.1, 0.15) is 0 Å². The highest BCUT2D eigenvalue weighted by Gasteiger charge is 2.72. The van der Waals surface area contributed by atoms with E-state index in [1.165, 1.54) is 11.1 Å². The number of aliphatic carboxylic acids is 1. The Kier molecular flexibility index (Phi) is 1.78. The molecule has 84 valence electrons. The van der Waals surface area contributed by atoms with Gasteiger partial charge in [0.2, 0.25) is 0 Å². The lowest BCUT2D eigenvalue weighted by Gasteiger charge is -2.68. The molecule has 1 N–H and O–H groups in total. The number of hydrogen-bond acceptors (Lipinski definition) is 1. The average Bonchev–Trinajstić information content (AvgIpc) is 2.14. The number of carbonyl (C=O) groups is 1. The van der Waals surface area contributed by atoms with Crippen LogP contribution in [0.25, 0.3) is 0 Å². The Morgan fingerprint density at radius 1 is 1.31 bits per heavy atom. The van der Waals surface area contributed by atoms with Crippen molar-refractivity contribution in [1.82, 2.24) is 0 Å². The zero-order valence-electron chi connectivity index (χ0n) is 9.49. The van der Waals surface area contributed by atoms with Crippen molar-refractivity contribution >= 4 is 5.97 Å². The normalized spacial score (nSPS) is 35.1. The van der Waals surface area contributed by atoms with Gasteiger partial charge in [-0.2, -0.15) is 0 Å². The van der Waals surface area contributed by atoms with Crippen LogP contribution < -0.4 is 0 Å². The zero-order valence-corrected chi connectivity index (χ0v) is 9.49. The van der Waals surface area contributed by atoms with Crippen molar-refractivity contribution < 1.29 is 9.90 Å². The monoisotopic (exact) mass is 216 g/mol. The van der Waals surface area contributed by atoms with Gasteiger partial charge >= 0.3 is 5.97 Å². The van der Waals surface area contributed by atoms with Crippen molar-refractivity contribution in [2.24, 2.45) is 5.41 Å². The van der Waals surface area contributed by atoms with Crippen LogP contribution in [0.15, 0.2) is 24.3 Å². The minimum absolute atomic E-state index is 0.213. The predicted molar refractivity (Wildman–Crippen MR) is 61.4 cm³/mol. The molecule has 16 heavy (non-hydrogen) atoms. The Balaban J connectivity index is 1.90. The molecule has 2 bridgehead atoms. The second-order valence-electron chi connectivity index (χ2n) is 5.41. The molecule has 0 spiro atoms. The van der Waals surface area contributed by atoms with Gasteiger partial charge < -0.3 is 5.11 Å². The van der Waals surface area contributed by atoms with Crippen LogP contribution in [-0.4, -0.2) is 11.1 Å². The van der Waals surface area contributed by atoms with Crippen molar-refractivity contribution in [3.63, 3.8) is 0 Å². The van der Waals surface area contributed by atoms with Crippen LogP contribution in [0.3, 0.4) is 0 Å². The summed E-state index contributed by atoms with van der Waals surface area (Å²) in [4.78, 5) is 11.1. The van der Waals surface area contributed by atoms with Crippen LogP contribution in [0.5, 0.6) is 0 Å². The van der Waals surface area contributed by atoms with Gasteiger partial charge in [0.25, 0.3) is 0 Å². The maximum Gasteiger partial charge on any atom is 0.309 e. The van der Waals surface area contributed by atoms with Gasteiger partial charge in [0, 0.05) is 0 Å². The van der Waals surface area contributed by atoms with Crippen LogP contribution in [-0.2, 0) is 16.6 Å². The molecule has 0 unspecified atom stereocenters. The summed E-state index contributed by atoms with van der Waals surface area (Å²) in [5, 5.41) is 9.12. The Morgan fingerprint density at radius 2 is 1.94 bits per heavy atom. The standard InChI is InChI=1S/C14H16O2/c1-2-10-5-3-4-6-11(10)13-7-14(8-13,9-13)12(15)16/h3-6H,2,7-9H2,1H3,(H,15,16). The first-order valence-electron chi connectivity index (χ1n) is 5.94. The summed E-state index contributed by atoms with van der Waals surface area (Å²) in [6, 6.07) is 8.50. The van der Waals surface area contributed by atoms with E-state index in [1.807, 2.05) is 0 Å². The molecule has 1 aromatic rings. The highest BCUT2D eigenvalue weighted by Crippen LogP contribution is 2.74. The Morgan fingerprint density at radius 3 is 2.50 bits per heavy atom. The third-order valence-corrected chi connectivity index (χ3v) is 4.45. The summed E-state index contributed by atoms with van der Waals surface area (Å²) < 4.78 is 0. The highest BCUT2D eigenvalue weighted by atomic mass is 16.4. The van der Waals surface area contributed by atoms with E-state index in [0.29, 0.717) is 0 Å². The minimum Gasteiger partial charge on any atom is -0.481 e. The molecule has 0 saturated heterocycles. The molecule has 3 fully saturated rings. The van der Waals surface area contributed by atoms with Crippen LogP contribution in [0, 0.1) is 5.41 Å². The number of rotatable bonds is 3. The fourth-order valence-corrected chi connectivity index (χ4v) is 3.65. The zero-order chi connectivity index (χ0) is 11.4. The molecular formula is C14H16O2. The van der Waals surface area contributed by atoms with Gasteiger partial charge in [-0.1, -0.05) is 31.2 Å². The summed E-state index contributed by atoms with van der Waals surface area (Å²) >= 11 is 0. The van der Waals surface area contributed by atoms with E-state index >= 15 is 0 Å². The lowest BCUT2D eigenvalue weighted by molar-refractivity contribution is -0.194. The van der Waals surface area contributed by atoms with Crippen molar-refractivity contribution in [2.75, 3.05) is 0 Å². The second kappa shape index (κ2) is 2.88. The van der Waals surface area contributed by atoms with Gasteiger partial charge in [-0.05, 0) is 42.2 Å². The third-order valence-electron chi connectivity index (χ3n) is 4.45. The van der Waals surface area contributed by atoms with E-state index < -0.39 is 5.97 Å². The lowest BCUT2D eigenvalue weighted by atomic mass is 9.33. The molecule has 3 saturated carbocycles. The third kappa shape index (κ3) is 0.998. The van der Waals surface area contributed by atoms with E-state index in [0.717, 1.165) is 25.7 Å². The van der Waals surface area contributed by atoms with Crippen molar-refractivity contribution in [3.8, 4) is 0 Å². The fraction of sp³-hybridized carbons (Fsp3) is 0.500. The Bertz CT molecular complexity index is 442. The molecular weight excluding hydrogens is 200 g/mol. The van der Waals surface area contributed by atoms with Crippen molar-refractivity contribution in [3.05, 3.63) is 35.4 Å². The summed E-state index contributed by atoms with van der Waals surface area (Å²) in [7, 11) is 0. The van der Waals surface area contributed by atoms with Gasteiger partial charge in [0.05, 0.1) is 5.41 Å². The van der Waals surface area contributed by atoms with Gasteiger partial charge in [-0.3, -0.25) is 4.79 Å². The molecule has 0 aromatic heterocycles. The summed E-state index contributed by atoms with van der Waals surface area (Å²) in [5.74, 6) is -0.594. The largest absolute Gasteiger partial charge is 0.481 e. The topological polar surface area (TPSA) is 37.3 Å². The first kappa shape index (κ1) is 9.88. The maximum absolute atomic E-state index is 11.1. The van der Waals surface area contributed by atoms with Crippen molar-refractivity contribution in [1.29, 1.82) is 0 Å². The summed E-state index contributed by atoms with van der Waals surface area (Å²) in [6.07, 6.45) is 3.60. The molecule has 0 amide bonds. The molecule has 2 nitrogen and oxygen atoms in total. The molecule has 0 heterocycles. The average molecular weight is 216 g/mol. The fourth-order valence-electron chi connectivity index (χ4n) is 3.65. The molecule has 4 rings (SSSR count). The van der Waals surface area contributed by atoms with Crippen LogP contribution in [0.4, 0.5) is 0 Å². The van der Waals surface area contributed by atoms with E-state index in [-0.39, 0.29) is 10.8 Å². The predicted octanol–water partition coefficient (Wildman–Crippen LogP) is 2.76. The minimum atomic E-state index is -0.594.